The number of carboxylic acids is 1. The Morgan fingerprint density at radius 2 is 1.79 bits per heavy atom. The van der Waals surface area contributed by atoms with E-state index >= 15 is 0 Å². The highest BCUT2D eigenvalue weighted by molar-refractivity contribution is 6.00. The SMILES string of the molecule is Cc1ncc(Nc2nnc(C(=O)Nc3ccc(C4CCC(CC(=O)O)CC4)cc3)o2)nc1C. The van der Waals surface area contributed by atoms with Crippen LogP contribution in [-0.2, 0) is 4.79 Å². The lowest BCUT2D eigenvalue weighted by atomic mass is 9.77. The average molecular weight is 450 g/mol. The van der Waals surface area contributed by atoms with Crippen LogP contribution in [-0.4, -0.2) is 37.1 Å². The van der Waals surface area contributed by atoms with Gasteiger partial charge >= 0.3 is 23.8 Å². The fourth-order valence-corrected chi connectivity index (χ4v) is 4.05. The zero-order chi connectivity index (χ0) is 23.4. The maximum absolute atomic E-state index is 12.5. The van der Waals surface area contributed by atoms with Crippen molar-refractivity contribution in [3.8, 4) is 0 Å². The number of rotatable bonds is 7. The van der Waals surface area contributed by atoms with Crippen molar-refractivity contribution in [2.45, 2.75) is 51.9 Å². The van der Waals surface area contributed by atoms with Crippen LogP contribution < -0.4 is 10.6 Å². The van der Waals surface area contributed by atoms with Crippen LogP contribution in [0.1, 0.15) is 65.7 Å². The number of carbonyl (C=O) groups excluding carboxylic acids is 1. The summed E-state index contributed by atoms with van der Waals surface area (Å²) < 4.78 is 5.39. The summed E-state index contributed by atoms with van der Waals surface area (Å²) >= 11 is 0. The summed E-state index contributed by atoms with van der Waals surface area (Å²) in [5.41, 5.74) is 3.41. The molecule has 172 valence electrons. The molecule has 1 fully saturated rings. The van der Waals surface area contributed by atoms with Gasteiger partial charge in [-0.15, -0.1) is 5.10 Å². The molecule has 0 spiro atoms. The van der Waals surface area contributed by atoms with Crippen molar-refractivity contribution in [1.29, 1.82) is 0 Å². The third-order valence-corrected chi connectivity index (χ3v) is 6.00. The van der Waals surface area contributed by atoms with Crippen molar-refractivity contribution in [3.05, 3.63) is 53.3 Å². The Morgan fingerprint density at radius 1 is 1.06 bits per heavy atom. The molecule has 1 aliphatic carbocycles. The van der Waals surface area contributed by atoms with Crippen LogP contribution in [0.15, 0.2) is 34.9 Å². The molecular weight excluding hydrogens is 424 g/mol. The van der Waals surface area contributed by atoms with Gasteiger partial charge in [-0.25, -0.2) is 4.98 Å². The predicted molar refractivity (Wildman–Crippen MR) is 120 cm³/mol. The van der Waals surface area contributed by atoms with E-state index in [-0.39, 0.29) is 24.2 Å². The second kappa shape index (κ2) is 9.76. The first-order valence-electron chi connectivity index (χ1n) is 10.9. The number of hydrogen-bond donors (Lipinski definition) is 3. The number of hydrogen-bond acceptors (Lipinski definition) is 8. The van der Waals surface area contributed by atoms with Crippen molar-refractivity contribution >= 4 is 29.4 Å². The number of amides is 1. The highest BCUT2D eigenvalue weighted by Crippen LogP contribution is 2.37. The largest absolute Gasteiger partial charge is 0.481 e. The van der Waals surface area contributed by atoms with Gasteiger partial charge in [0, 0.05) is 12.1 Å². The van der Waals surface area contributed by atoms with E-state index in [0.29, 0.717) is 17.4 Å². The monoisotopic (exact) mass is 450 g/mol. The van der Waals surface area contributed by atoms with Crippen molar-refractivity contribution in [1.82, 2.24) is 20.2 Å². The number of nitrogens with one attached hydrogen (secondary N) is 2. The van der Waals surface area contributed by atoms with Gasteiger partial charge in [0.2, 0.25) is 0 Å². The van der Waals surface area contributed by atoms with Crippen LogP contribution in [0.25, 0.3) is 0 Å². The Balaban J connectivity index is 1.32. The number of nitrogens with zero attached hydrogens (tertiary/aromatic N) is 4. The third kappa shape index (κ3) is 5.71. The van der Waals surface area contributed by atoms with E-state index in [1.54, 1.807) is 6.20 Å². The van der Waals surface area contributed by atoms with Gasteiger partial charge in [0.15, 0.2) is 5.82 Å². The lowest BCUT2D eigenvalue weighted by Crippen LogP contribution is -2.16. The first kappa shape index (κ1) is 22.4. The van der Waals surface area contributed by atoms with E-state index in [2.05, 4.69) is 30.8 Å². The fourth-order valence-electron chi connectivity index (χ4n) is 4.05. The summed E-state index contributed by atoms with van der Waals surface area (Å²) in [6, 6.07) is 7.73. The van der Waals surface area contributed by atoms with Crippen molar-refractivity contribution in [2.75, 3.05) is 10.6 Å². The highest BCUT2D eigenvalue weighted by atomic mass is 16.4. The van der Waals surface area contributed by atoms with Crippen molar-refractivity contribution in [2.24, 2.45) is 5.92 Å². The molecule has 3 N–H and O–H groups in total. The number of aliphatic carboxylic acids is 1. The second-order valence-corrected chi connectivity index (χ2v) is 8.36. The molecule has 1 saturated carbocycles. The summed E-state index contributed by atoms with van der Waals surface area (Å²) in [4.78, 5) is 31.9. The molecule has 0 atom stereocenters. The van der Waals surface area contributed by atoms with Crippen molar-refractivity contribution < 1.29 is 19.1 Å². The lowest BCUT2D eigenvalue weighted by Gasteiger charge is -2.28. The Morgan fingerprint density at radius 3 is 2.45 bits per heavy atom. The first-order chi connectivity index (χ1) is 15.9. The zero-order valence-electron chi connectivity index (χ0n) is 18.5. The number of benzene rings is 1. The average Bonchev–Trinajstić information content (AvgIpc) is 3.26. The van der Waals surface area contributed by atoms with Gasteiger partial charge in [0.1, 0.15) is 0 Å². The van der Waals surface area contributed by atoms with Gasteiger partial charge in [0.05, 0.1) is 17.6 Å². The first-order valence-corrected chi connectivity index (χ1v) is 10.9. The van der Waals surface area contributed by atoms with Gasteiger partial charge in [-0.05, 0) is 69.1 Å². The van der Waals surface area contributed by atoms with E-state index < -0.39 is 11.9 Å². The molecule has 0 radical (unpaired) electrons. The number of aryl methyl sites for hydroxylation is 2. The molecule has 4 rings (SSSR count). The van der Waals surface area contributed by atoms with Crippen molar-refractivity contribution in [3.63, 3.8) is 0 Å². The zero-order valence-corrected chi connectivity index (χ0v) is 18.5. The third-order valence-electron chi connectivity index (χ3n) is 6.00. The standard InChI is InChI=1S/C23H26N6O4/c1-13-14(2)25-19(12-24-13)27-23-29-28-22(33-23)21(32)26-18-9-7-17(8-10-18)16-5-3-15(4-6-16)11-20(30)31/h7-10,12,15-16H,3-6,11H2,1-2H3,(H,26,32)(H,30,31)(H,25,27,29). The van der Waals surface area contributed by atoms with E-state index in [1.165, 1.54) is 5.56 Å². The molecule has 2 heterocycles. The smallest absolute Gasteiger partial charge is 0.321 e. The molecule has 33 heavy (non-hydrogen) atoms. The number of anilines is 3. The minimum absolute atomic E-state index is 0.0477. The summed E-state index contributed by atoms with van der Waals surface area (Å²) in [6.45, 7) is 3.70. The van der Waals surface area contributed by atoms with Gasteiger partial charge in [-0.1, -0.05) is 17.2 Å². The topological polar surface area (TPSA) is 143 Å². The minimum Gasteiger partial charge on any atom is -0.481 e. The molecule has 1 amide bonds. The maximum Gasteiger partial charge on any atom is 0.321 e. The fraction of sp³-hybridized carbons (Fsp3) is 0.391. The molecule has 0 aliphatic heterocycles. The van der Waals surface area contributed by atoms with E-state index in [0.717, 1.165) is 37.1 Å². The highest BCUT2D eigenvalue weighted by Gasteiger charge is 2.24. The summed E-state index contributed by atoms with van der Waals surface area (Å²) in [7, 11) is 0. The van der Waals surface area contributed by atoms with Crippen LogP contribution >= 0.6 is 0 Å². The molecule has 1 aromatic carbocycles. The normalized spacial score (nSPS) is 18.0. The van der Waals surface area contributed by atoms with Gasteiger partial charge < -0.3 is 14.8 Å². The van der Waals surface area contributed by atoms with Crippen LogP contribution in [0.4, 0.5) is 17.5 Å². The maximum atomic E-state index is 12.5. The Bertz CT molecular complexity index is 1140. The van der Waals surface area contributed by atoms with E-state index in [9.17, 15) is 9.59 Å². The molecule has 1 aliphatic rings. The molecule has 10 heteroatoms. The summed E-state index contributed by atoms with van der Waals surface area (Å²) in [5, 5.41) is 22.2. The Hall–Kier alpha value is -3.82. The summed E-state index contributed by atoms with van der Waals surface area (Å²) in [6.07, 6.45) is 5.61. The van der Waals surface area contributed by atoms with Crippen LogP contribution in [0, 0.1) is 19.8 Å². The van der Waals surface area contributed by atoms with Gasteiger partial charge in [-0.2, -0.15) is 0 Å². The summed E-state index contributed by atoms with van der Waals surface area (Å²) in [5.74, 6) is -0.271. The molecule has 3 aromatic rings. The van der Waals surface area contributed by atoms with Crippen LogP contribution in [0.5, 0.6) is 0 Å². The van der Waals surface area contributed by atoms with E-state index in [1.807, 2.05) is 38.1 Å². The number of carboxylic acid groups (broad SMARTS) is 1. The molecule has 0 unspecified atom stereocenters. The van der Waals surface area contributed by atoms with E-state index in [4.69, 9.17) is 9.52 Å². The van der Waals surface area contributed by atoms with Gasteiger partial charge in [-0.3, -0.25) is 19.9 Å². The lowest BCUT2D eigenvalue weighted by molar-refractivity contribution is -0.138. The molecule has 0 bridgehead atoms. The van der Waals surface area contributed by atoms with Gasteiger partial charge in [0.25, 0.3) is 0 Å². The van der Waals surface area contributed by atoms with Crippen LogP contribution in [0.2, 0.25) is 0 Å². The minimum atomic E-state index is -0.721. The molecule has 0 saturated heterocycles. The molecular formula is C23H26N6O4. The Labute approximate surface area is 190 Å². The second-order valence-electron chi connectivity index (χ2n) is 8.36. The molecule has 10 nitrogen and oxygen atoms in total. The molecule has 2 aromatic heterocycles. The quantitative estimate of drug-likeness (QED) is 0.482. The number of carbonyl (C=O) groups is 2. The Kier molecular flexibility index (Phi) is 6.62. The number of aromatic nitrogens is 4. The van der Waals surface area contributed by atoms with Crippen LogP contribution in [0.3, 0.4) is 0 Å². The predicted octanol–water partition coefficient (Wildman–Crippen LogP) is 4.22.